The summed E-state index contributed by atoms with van der Waals surface area (Å²) >= 11 is 8.10. The molecule has 1 saturated heterocycles. The van der Waals surface area contributed by atoms with Gasteiger partial charge in [0.2, 0.25) is 0 Å². The second-order valence-corrected chi connectivity index (χ2v) is 11.7. The molecule has 0 atom stereocenters. The number of rotatable bonds is 9. The summed E-state index contributed by atoms with van der Waals surface area (Å²) in [6.45, 7) is 3.21. The number of carbonyl (C=O) groups is 1. The molecular weight excluding hydrogens is 518 g/mol. The first kappa shape index (κ1) is 26.1. The van der Waals surface area contributed by atoms with Gasteiger partial charge in [-0.2, -0.15) is 16.9 Å². The van der Waals surface area contributed by atoms with E-state index in [9.17, 15) is 13.2 Å². The van der Waals surface area contributed by atoms with Crippen LogP contribution in [0.1, 0.15) is 16.7 Å². The molecule has 1 aliphatic rings. The van der Waals surface area contributed by atoms with Crippen LogP contribution in [0, 0.1) is 13.8 Å². The Hall–Kier alpha value is -3.01. The highest BCUT2D eigenvalue weighted by atomic mass is 35.5. The third kappa shape index (κ3) is 6.40. The molecular formula is C26H26ClN3O4S2. The zero-order chi connectivity index (χ0) is 25.7. The fourth-order valence-corrected chi connectivity index (χ4v) is 5.53. The van der Waals surface area contributed by atoms with Gasteiger partial charge in [0.25, 0.3) is 15.9 Å². The Morgan fingerprint density at radius 2 is 1.89 bits per heavy atom. The number of carbonyl (C=O) groups excluding carboxylic acids is 1. The lowest BCUT2D eigenvalue weighted by Crippen LogP contribution is -2.39. The summed E-state index contributed by atoms with van der Waals surface area (Å²) in [4.78, 5) is 12.8. The Balaban J connectivity index is 1.50. The minimum Gasteiger partial charge on any atom is -0.489 e. The lowest BCUT2D eigenvalue weighted by atomic mass is 10.2. The van der Waals surface area contributed by atoms with Gasteiger partial charge in [0, 0.05) is 16.5 Å². The molecule has 0 bridgehead atoms. The minimum atomic E-state index is -4.04. The van der Waals surface area contributed by atoms with Crippen LogP contribution < -0.4 is 14.5 Å². The lowest BCUT2D eigenvalue weighted by Gasteiger charge is -2.25. The molecule has 1 heterocycles. The van der Waals surface area contributed by atoms with Crippen LogP contribution in [0.4, 0.5) is 5.69 Å². The number of nitrogens with zero attached hydrogens (tertiary/aromatic N) is 2. The summed E-state index contributed by atoms with van der Waals surface area (Å²) in [6, 6.07) is 18.7. The van der Waals surface area contributed by atoms with Crippen LogP contribution >= 0.6 is 23.4 Å². The number of sulfonamides is 1. The number of benzene rings is 3. The van der Waals surface area contributed by atoms with E-state index >= 15 is 0 Å². The van der Waals surface area contributed by atoms with Crippen LogP contribution in [0.15, 0.2) is 76.7 Å². The molecule has 1 aliphatic heterocycles. The van der Waals surface area contributed by atoms with Crippen LogP contribution in [0.3, 0.4) is 0 Å². The van der Waals surface area contributed by atoms with E-state index in [1.807, 2.05) is 49.9 Å². The molecule has 3 aromatic rings. The van der Waals surface area contributed by atoms with Crippen molar-refractivity contribution < 1.29 is 17.9 Å². The van der Waals surface area contributed by atoms with Gasteiger partial charge in [0.05, 0.1) is 16.8 Å². The first-order valence-corrected chi connectivity index (χ1v) is 14.2. The third-order valence-electron chi connectivity index (χ3n) is 5.51. The van der Waals surface area contributed by atoms with Gasteiger partial charge in [-0.3, -0.25) is 9.10 Å². The number of aryl methyl sites for hydroxylation is 2. The summed E-state index contributed by atoms with van der Waals surface area (Å²) in [7, 11) is -4.04. The van der Waals surface area contributed by atoms with E-state index in [1.54, 1.807) is 24.3 Å². The van der Waals surface area contributed by atoms with Crippen molar-refractivity contribution in [1.82, 2.24) is 5.43 Å². The van der Waals surface area contributed by atoms with Gasteiger partial charge >= 0.3 is 0 Å². The van der Waals surface area contributed by atoms with E-state index in [2.05, 4.69) is 10.5 Å². The number of thioether (sulfide) groups is 1. The normalized spacial score (nSPS) is 13.9. The number of ether oxygens (including phenoxy) is 1. The van der Waals surface area contributed by atoms with Crippen molar-refractivity contribution in [1.29, 1.82) is 0 Å². The number of anilines is 1. The fourth-order valence-electron chi connectivity index (χ4n) is 3.38. The molecule has 3 aromatic carbocycles. The Morgan fingerprint density at radius 1 is 1.14 bits per heavy atom. The summed E-state index contributed by atoms with van der Waals surface area (Å²) < 4.78 is 33.8. The van der Waals surface area contributed by atoms with Crippen molar-refractivity contribution in [3.05, 3.63) is 88.4 Å². The lowest BCUT2D eigenvalue weighted by molar-refractivity contribution is -0.119. The zero-order valence-corrected chi connectivity index (χ0v) is 22.2. The molecule has 0 aromatic heterocycles. The van der Waals surface area contributed by atoms with Gasteiger partial charge in [0.15, 0.2) is 0 Å². The van der Waals surface area contributed by atoms with Gasteiger partial charge in [-0.15, -0.1) is 0 Å². The van der Waals surface area contributed by atoms with Gasteiger partial charge in [-0.05, 0) is 61.4 Å². The maximum Gasteiger partial charge on any atom is 0.264 e. The maximum atomic E-state index is 13.5. The predicted molar refractivity (Wildman–Crippen MR) is 146 cm³/mol. The van der Waals surface area contributed by atoms with Crippen molar-refractivity contribution >= 4 is 51.2 Å². The highest BCUT2D eigenvalue weighted by Crippen LogP contribution is 2.28. The first-order chi connectivity index (χ1) is 17.2. The van der Waals surface area contributed by atoms with Crippen molar-refractivity contribution in [2.75, 3.05) is 22.4 Å². The summed E-state index contributed by atoms with van der Waals surface area (Å²) in [5.74, 6) is 2.09. The highest BCUT2D eigenvalue weighted by Gasteiger charge is 2.27. The van der Waals surface area contributed by atoms with Crippen LogP contribution in [0.25, 0.3) is 0 Å². The van der Waals surface area contributed by atoms with Gasteiger partial charge in [-0.1, -0.05) is 47.5 Å². The molecule has 0 spiro atoms. The second-order valence-electron chi connectivity index (χ2n) is 8.40. The van der Waals surface area contributed by atoms with Crippen LogP contribution in [-0.4, -0.2) is 44.7 Å². The van der Waals surface area contributed by atoms with Crippen molar-refractivity contribution in [2.24, 2.45) is 5.10 Å². The topological polar surface area (TPSA) is 88.1 Å². The zero-order valence-electron chi connectivity index (χ0n) is 19.8. The largest absolute Gasteiger partial charge is 0.489 e. The molecule has 36 heavy (non-hydrogen) atoms. The Morgan fingerprint density at radius 3 is 2.56 bits per heavy atom. The fraction of sp³-hybridized carbons (Fsp3) is 0.231. The second kappa shape index (κ2) is 11.4. The number of halogens is 1. The van der Waals surface area contributed by atoms with Gasteiger partial charge in [-0.25, -0.2) is 13.8 Å². The van der Waals surface area contributed by atoms with E-state index in [1.165, 1.54) is 24.4 Å². The van der Waals surface area contributed by atoms with Crippen LogP contribution in [0.5, 0.6) is 5.75 Å². The molecule has 10 heteroatoms. The first-order valence-electron chi connectivity index (χ1n) is 11.2. The molecule has 0 unspecified atom stereocenters. The molecule has 1 amide bonds. The van der Waals surface area contributed by atoms with Crippen LogP contribution in [0.2, 0.25) is 5.02 Å². The van der Waals surface area contributed by atoms with Gasteiger partial charge in [0.1, 0.15) is 18.4 Å². The number of hydrogen-bond donors (Lipinski definition) is 1. The average molecular weight is 544 g/mol. The summed E-state index contributed by atoms with van der Waals surface area (Å²) in [5.41, 5.74) is 5.17. The highest BCUT2D eigenvalue weighted by molar-refractivity contribution is 8.00. The van der Waals surface area contributed by atoms with E-state index in [0.29, 0.717) is 5.02 Å². The molecule has 1 fully saturated rings. The Kier molecular flexibility index (Phi) is 8.23. The van der Waals surface area contributed by atoms with E-state index < -0.39 is 22.5 Å². The Bertz CT molecular complexity index is 1370. The summed E-state index contributed by atoms with van der Waals surface area (Å²) in [5, 5.41) is 4.41. The predicted octanol–water partition coefficient (Wildman–Crippen LogP) is 4.80. The van der Waals surface area contributed by atoms with Crippen molar-refractivity contribution in [2.45, 2.75) is 24.8 Å². The van der Waals surface area contributed by atoms with Crippen molar-refractivity contribution in [3.63, 3.8) is 0 Å². The standard InChI is InChI=1S/C26H26ClN3O4S2/c1-18-6-10-24(11-7-18)36(32,33)30(21-9-8-19(2)25(27)13-21)15-26(31)29-28-14-20-4-3-5-22(12-20)34-23-16-35-17-23/h3-14,23H,15-17H2,1-2H3,(H,29,31)/b28-14-. The summed E-state index contributed by atoms with van der Waals surface area (Å²) in [6.07, 6.45) is 1.71. The molecule has 1 N–H and O–H groups in total. The van der Waals surface area contributed by atoms with E-state index in [-0.39, 0.29) is 16.7 Å². The SMILES string of the molecule is Cc1ccc(S(=O)(=O)N(CC(=O)N/N=C\c2cccc(OC3CSC3)c2)c2ccc(C)c(Cl)c2)cc1. The third-order valence-corrected chi connectivity index (χ3v) is 8.92. The number of amides is 1. The van der Waals surface area contributed by atoms with Gasteiger partial charge < -0.3 is 4.74 Å². The Labute approximate surface area is 220 Å². The molecule has 7 nitrogen and oxygen atoms in total. The maximum absolute atomic E-state index is 13.5. The number of nitrogens with one attached hydrogen (secondary N) is 1. The molecule has 0 aliphatic carbocycles. The minimum absolute atomic E-state index is 0.0720. The van der Waals surface area contributed by atoms with Crippen LogP contribution in [-0.2, 0) is 14.8 Å². The van der Waals surface area contributed by atoms with E-state index in [4.69, 9.17) is 16.3 Å². The van der Waals surface area contributed by atoms with Crippen molar-refractivity contribution in [3.8, 4) is 5.75 Å². The molecule has 4 rings (SSSR count). The van der Waals surface area contributed by atoms with E-state index in [0.717, 1.165) is 38.3 Å². The molecule has 0 saturated carbocycles. The quantitative estimate of drug-likeness (QED) is 0.309. The average Bonchev–Trinajstić information content (AvgIpc) is 2.82. The monoisotopic (exact) mass is 543 g/mol. The number of hydrazone groups is 1. The number of hydrogen-bond acceptors (Lipinski definition) is 6. The molecule has 0 radical (unpaired) electrons. The smallest absolute Gasteiger partial charge is 0.264 e. The molecule has 188 valence electrons.